The van der Waals surface area contributed by atoms with Gasteiger partial charge in [-0.2, -0.15) is 0 Å². The largest absolute Gasteiger partial charge is 0.466 e. The predicted octanol–water partition coefficient (Wildman–Crippen LogP) is 24.5. The number of hydrogen-bond acceptors (Lipinski definition) is 5. The van der Waals surface area contributed by atoms with E-state index in [1.807, 2.05) is 6.08 Å². The van der Waals surface area contributed by atoms with Crippen LogP contribution in [0.2, 0.25) is 0 Å². The highest BCUT2D eigenvalue weighted by Gasteiger charge is 2.18. The molecule has 0 aromatic carbocycles. The van der Waals surface area contributed by atoms with Crippen molar-refractivity contribution in [1.82, 2.24) is 5.32 Å². The van der Waals surface area contributed by atoms with E-state index in [9.17, 15) is 19.8 Å². The number of ether oxygens (including phenoxy) is 1. The van der Waals surface area contributed by atoms with Crippen LogP contribution in [0.25, 0.3) is 0 Å². The second-order valence-corrected chi connectivity index (χ2v) is 26.0. The van der Waals surface area contributed by atoms with E-state index in [2.05, 4.69) is 31.3 Å². The quantitative estimate of drug-likeness (QED) is 0.0320. The van der Waals surface area contributed by atoms with Crippen molar-refractivity contribution in [1.29, 1.82) is 0 Å². The number of unbranched alkanes of at least 4 members (excludes halogenated alkanes) is 58. The molecule has 486 valence electrons. The molecule has 3 N–H and O–H groups in total. The van der Waals surface area contributed by atoms with Gasteiger partial charge in [-0.3, -0.25) is 9.59 Å². The van der Waals surface area contributed by atoms with Gasteiger partial charge in [-0.25, -0.2) is 0 Å². The summed E-state index contributed by atoms with van der Waals surface area (Å²) >= 11 is 0. The van der Waals surface area contributed by atoms with Crippen LogP contribution in [0.3, 0.4) is 0 Å². The molecule has 0 saturated carbocycles. The molecule has 0 aromatic rings. The van der Waals surface area contributed by atoms with Crippen LogP contribution in [0.1, 0.15) is 425 Å². The minimum Gasteiger partial charge on any atom is -0.466 e. The molecule has 0 aromatic heterocycles. The number of nitrogens with one attached hydrogen (secondary N) is 1. The highest BCUT2D eigenvalue weighted by molar-refractivity contribution is 5.76. The fraction of sp³-hybridized carbons (Fsp3) is 0.921. The molecule has 6 heteroatoms. The van der Waals surface area contributed by atoms with Crippen LogP contribution < -0.4 is 5.32 Å². The highest BCUT2D eigenvalue weighted by atomic mass is 16.5. The fourth-order valence-electron chi connectivity index (χ4n) is 12.0. The van der Waals surface area contributed by atoms with Crippen molar-refractivity contribution in [2.75, 3.05) is 13.2 Å². The van der Waals surface area contributed by atoms with E-state index < -0.39 is 12.1 Å². The Labute approximate surface area is 513 Å². The third kappa shape index (κ3) is 67.5. The molecule has 0 saturated heterocycles. The van der Waals surface area contributed by atoms with Crippen LogP contribution in [-0.2, 0) is 14.3 Å². The third-order valence-corrected chi connectivity index (χ3v) is 17.7. The highest BCUT2D eigenvalue weighted by Crippen LogP contribution is 2.19. The number of allylic oxidation sites excluding steroid dienone is 3. The molecule has 1 amide bonds. The van der Waals surface area contributed by atoms with Gasteiger partial charge in [0.25, 0.3) is 0 Å². The number of esters is 1. The molecule has 0 bridgehead atoms. The lowest BCUT2D eigenvalue weighted by molar-refractivity contribution is -0.143. The van der Waals surface area contributed by atoms with Gasteiger partial charge in [0.2, 0.25) is 5.91 Å². The molecule has 0 aliphatic heterocycles. The summed E-state index contributed by atoms with van der Waals surface area (Å²) in [5.74, 6) is -0.0499. The minimum atomic E-state index is -0.844. The number of amides is 1. The number of rotatable bonds is 71. The second kappa shape index (κ2) is 71.8. The van der Waals surface area contributed by atoms with Gasteiger partial charge in [0, 0.05) is 12.8 Å². The summed E-state index contributed by atoms with van der Waals surface area (Å²) in [5, 5.41) is 23.3. The summed E-state index contributed by atoms with van der Waals surface area (Å²) in [6.45, 7) is 4.93. The number of aliphatic hydroxyl groups excluding tert-OH is 2. The molecular formula is C76H147NO5. The van der Waals surface area contributed by atoms with E-state index in [4.69, 9.17) is 4.74 Å². The monoisotopic (exact) mass is 1150 g/mol. The van der Waals surface area contributed by atoms with Gasteiger partial charge >= 0.3 is 5.97 Å². The zero-order valence-electron chi connectivity index (χ0n) is 55.8. The van der Waals surface area contributed by atoms with Gasteiger partial charge in [-0.1, -0.05) is 378 Å². The lowest BCUT2D eigenvalue weighted by Crippen LogP contribution is -2.45. The summed E-state index contributed by atoms with van der Waals surface area (Å²) in [7, 11) is 0. The first-order chi connectivity index (χ1) is 40.5. The van der Waals surface area contributed by atoms with Gasteiger partial charge in [0.05, 0.1) is 25.4 Å². The molecule has 82 heavy (non-hydrogen) atoms. The van der Waals surface area contributed by atoms with E-state index in [1.54, 1.807) is 6.08 Å². The van der Waals surface area contributed by atoms with Crippen molar-refractivity contribution in [3.8, 4) is 0 Å². The van der Waals surface area contributed by atoms with Crippen molar-refractivity contribution in [3.63, 3.8) is 0 Å². The van der Waals surface area contributed by atoms with E-state index >= 15 is 0 Å². The van der Waals surface area contributed by atoms with Gasteiger partial charge in [-0.05, 0) is 57.8 Å². The third-order valence-electron chi connectivity index (χ3n) is 17.7. The second-order valence-electron chi connectivity index (χ2n) is 26.0. The summed E-state index contributed by atoms with van der Waals surface area (Å²) in [5.41, 5.74) is 0. The minimum absolute atomic E-state index is 0.0100. The van der Waals surface area contributed by atoms with Crippen LogP contribution in [0.5, 0.6) is 0 Å². The molecule has 0 rings (SSSR count). The van der Waals surface area contributed by atoms with E-state index in [0.717, 1.165) is 44.9 Å². The number of hydrogen-bond donors (Lipinski definition) is 3. The number of carbonyl (C=O) groups excluding carboxylic acids is 2. The maximum Gasteiger partial charge on any atom is 0.305 e. The topological polar surface area (TPSA) is 95.9 Å². The molecule has 2 atom stereocenters. The Kier molecular flexibility index (Phi) is 70.4. The predicted molar refractivity (Wildman–Crippen MR) is 361 cm³/mol. The van der Waals surface area contributed by atoms with Crippen LogP contribution >= 0.6 is 0 Å². The number of carbonyl (C=O) groups is 2. The number of aliphatic hydroxyl groups is 2. The summed E-state index contributed by atoms with van der Waals surface area (Å²) in [6, 6.07) is -0.627. The smallest absolute Gasteiger partial charge is 0.305 e. The molecule has 0 aliphatic carbocycles. The average Bonchev–Trinajstić information content (AvgIpc) is 3.48. The Balaban J connectivity index is 3.37. The normalized spacial score (nSPS) is 12.6. The summed E-state index contributed by atoms with van der Waals surface area (Å²) in [6.07, 6.45) is 91.4. The van der Waals surface area contributed by atoms with Crippen LogP contribution in [0.15, 0.2) is 24.3 Å². The average molecular weight is 1160 g/mol. The van der Waals surface area contributed by atoms with Crippen molar-refractivity contribution < 1.29 is 24.5 Å². The Hall–Kier alpha value is -1.66. The zero-order valence-corrected chi connectivity index (χ0v) is 55.8. The zero-order chi connectivity index (χ0) is 59.2. The molecule has 0 spiro atoms. The van der Waals surface area contributed by atoms with E-state index in [1.165, 1.54) is 353 Å². The van der Waals surface area contributed by atoms with Crippen molar-refractivity contribution in [2.45, 2.75) is 437 Å². The van der Waals surface area contributed by atoms with Crippen LogP contribution in [0, 0.1) is 0 Å². The van der Waals surface area contributed by atoms with Crippen LogP contribution in [0.4, 0.5) is 0 Å². The molecule has 0 fully saturated rings. The molecule has 0 heterocycles. The Bertz CT molecular complexity index is 1280. The first kappa shape index (κ1) is 80.3. The Morgan fingerprint density at radius 2 is 0.573 bits per heavy atom. The standard InChI is InChI=1S/C76H147NO5/c1-3-5-7-9-11-13-15-17-18-19-20-21-22-29-32-35-38-41-45-48-52-56-60-64-68-74(79)73(72-78)77-75(80)69-65-61-57-53-49-46-42-39-36-33-30-27-25-23-24-26-28-31-34-37-40-43-47-51-55-59-63-67-71-82-76(81)70-66-62-58-54-50-44-16-14-12-10-8-6-4-2/h14,16,64,68,73-74,78-79H,3-13,15,17-63,65-67,69-72H2,1-2H3,(H,77,80)/b16-14-,68-64+. The summed E-state index contributed by atoms with van der Waals surface area (Å²) < 4.78 is 5.48. The van der Waals surface area contributed by atoms with E-state index in [-0.39, 0.29) is 18.5 Å². The van der Waals surface area contributed by atoms with Crippen molar-refractivity contribution >= 4 is 11.9 Å². The fourth-order valence-corrected chi connectivity index (χ4v) is 12.0. The first-order valence-electron chi connectivity index (χ1n) is 37.6. The Morgan fingerprint density at radius 1 is 0.329 bits per heavy atom. The molecular weight excluding hydrogens is 1010 g/mol. The van der Waals surface area contributed by atoms with Gasteiger partial charge in [-0.15, -0.1) is 0 Å². The van der Waals surface area contributed by atoms with E-state index in [0.29, 0.717) is 19.4 Å². The van der Waals surface area contributed by atoms with Crippen molar-refractivity contribution in [2.24, 2.45) is 0 Å². The van der Waals surface area contributed by atoms with Gasteiger partial charge in [0.1, 0.15) is 0 Å². The molecule has 2 unspecified atom stereocenters. The SMILES string of the molecule is CCCCCC/C=C\CCCCCCCC(=O)OCCCCCCCCCCCCCCCCCCCCCCCCCCCCCCC(=O)NC(CO)C(O)/C=C/CCCCCCCCCCCCCCCCCCCCCCCC. The lowest BCUT2D eigenvalue weighted by atomic mass is 10.0. The molecule has 0 radical (unpaired) electrons. The van der Waals surface area contributed by atoms with Gasteiger partial charge in [0.15, 0.2) is 0 Å². The maximum absolute atomic E-state index is 12.5. The first-order valence-corrected chi connectivity index (χ1v) is 37.6. The van der Waals surface area contributed by atoms with Crippen molar-refractivity contribution in [3.05, 3.63) is 24.3 Å². The molecule has 0 aliphatic rings. The Morgan fingerprint density at radius 3 is 0.878 bits per heavy atom. The molecule has 6 nitrogen and oxygen atoms in total. The maximum atomic E-state index is 12.5. The summed E-state index contributed by atoms with van der Waals surface area (Å²) in [4.78, 5) is 24.6. The lowest BCUT2D eigenvalue weighted by Gasteiger charge is -2.20. The van der Waals surface area contributed by atoms with Gasteiger partial charge < -0.3 is 20.3 Å². The van der Waals surface area contributed by atoms with Crippen LogP contribution in [-0.4, -0.2) is 47.4 Å².